The molecule has 0 aromatic carbocycles. The van der Waals surface area contributed by atoms with Crippen LogP contribution in [0.5, 0.6) is 0 Å². The lowest BCUT2D eigenvalue weighted by atomic mass is 9.77. The lowest BCUT2D eigenvalue weighted by Gasteiger charge is -2.43. The molecule has 2 atom stereocenters. The molecule has 1 heterocycles. The Kier molecular flexibility index (Phi) is 5.25. The fourth-order valence-electron chi connectivity index (χ4n) is 3.84. The zero-order chi connectivity index (χ0) is 15.5. The number of nitrogens with zero attached hydrogens (tertiary/aromatic N) is 1. The summed E-state index contributed by atoms with van der Waals surface area (Å²) < 4.78 is 0. The molecule has 5 nitrogen and oxygen atoms in total. The van der Waals surface area contributed by atoms with Crippen LogP contribution in [0.25, 0.3) is 0 Å². The third-order valence-electron chi connectivity index (χ3n) is 5.45. The number of nitrogens with two attached hydrogens (primary N) is 2. The summed E-state index contributed by atoms with van der Waals surface area (Å²) in [6.45, 7) is 2.95. The highest BCUT2D eigenvalue weighted by atomic mass is 16.2. The molecule has 4 N–H and O–H groups in total. The molecule has 0 spiro atoms. The SMILES string of the molecule is CC1CCC(C(N)=O)CN1C(=O)C1(CN)CCCCCC1. The Labute approximate surface area is 127 Å². The summed E-state index contributed by atoms with van der Waals surface area (Å²) in [5, 5.41) is 0. The predicted molar refractivity (Wildman–Crippen MR) is 82.3 cm³/mol. The van der Waals surface area contributed by atoms with E-state index < -0.39 is 5.41 Å². The first kappa shape index (κ1) is 16.3. The summed E-state index contributed by atoms with van der Waals surface area (Å²) in [4.78, 5) is 26.5. The van der Waals surface area contributed by atoms with Crippen molar-refractivity contribution in [2.45, 2.75) is 64.3 Å². The van der Waals surface area contributed by atoms with Gasteiger partial charge in [-0.25, -0.2) is 0 Å². The lowest BCUT2D eigenvalue weighted by Crippen LogP contribution is -2.55. The molecule has 2 unspecified atom stereocenters. The first-order chi connectivity index (χ1) is 10.00. The van der Waals surface area contributed by atoms with Crippen LogP contribution < -0.4 is 11.5 Å². The maximum Gasteiger partial charge on any atom is 0.230 e. The Morgan fingerprint density at radius 3 is 2.29 bits per heavy atom. The summed E-state index contributed by atoms with van der Waals surface area (Å²) in [5.41, 5.74) is 11.0. The number of amides is 2. The number of rotatable bonds is 3. The number of hydrogen-bond acceptors (Lipinski definition) is 3. The normalized spacial score (nSPS) is 29.7. The van der Waals surface area contributed by atoms with Crippen LogP contribution in [0.4, 0.5) is 0 Å². The second-order valence-corrected chi connectivity index (χ2v) is 6.88. The summed E-state index contributed by atoms with van der Waals surface area (Å²) in [6, 6.07) is 0.180. The Morgan fingerprint density at radius 2 is 1.76 bits per heavy atom. The van der Waals surface area contributed by atoms with Gasteiger partial charge in [0.05, 0.1) is 11.3 Å². The van der Waals surface area contributed by atoms with E-state index >= 15 is 0 Å². The monoisotopic (exact) mass is 295 g/mol. The minimum atomic E-state index is -0.412. The number of carbonyl (C=O) groups is 2. The zero-order valence-electron chi connectivity index (χ0n) is 13.1. The number of likely N-dealkylation sites (tertiary alicyclic amines) is 1. The van der Waals surface area contributed by atoms with Gasteiger partial charge in [0.15, 0.2) is 0 Å². The third kappa shape index (κ3) is 3.39. The van der Waals surface area contributed by atoms with Crippen molar-refractivity contribution < 1.29 is 9.59 Å². The summed E-state index contributed by atoms with van der Waals surface area (Å²) in [7, 11) is 0. The van der Waals surface area contributed by atoms with Gasteiger partial charge in [0.1, 0.15) is 0 Å². The van der Waals surface area contributed by atoms with Gasteiger partial charge in [0.25, 0.3) is 0 Å². The average Bonchev–Trinajstić information content (AvgIpc) is 2.73. The number of carbonyl (C=O) groups excluding carboxylic acids is 2. The van der Waals surface area contributed by atoms with E-state index in [4.69, 9.17) is 11.5 Å². The van der Waals surface area contributed by atoms with E-state index in [2.05, 4.69) is 6.92 Å². The number of hydrogen-bond donors (Lipinski definition) is 2. The quantitative estimate of drug-likeness (QED) is 0.771. The van der Waals surface area contributed by atoms with Crippen LogP contribution >= 0.6 is 0 Å². The topological polar surface area (TPSA) is 89.4 Å². The first-order valence-electron chi connectivity index (χ1n) is 8.30. The van der Waals surface area contributed by atoms with Gasteiger partial charge in [0, 0.05) is 19.1 Å². The van der Waals surface area contributed by atoms with Crippen LogP contribution in [0.1, 0.15) is 58.3 Å². The standard InChI is InChI=1S/C16H29N3O2/c1-12-6-7-13(14(18)20)10-19(12)15(21)16(11-17)8-4-2-3-5-9-16/h12-13H,2-11,17H2,1H3,(H2,18,20). The molecular formula is C16H29N3O2. The maximum absolute atomic E-state index is 13.1. The van der Waals surface area contributed by atoms with Crippen molar-refractivity contribution in [3.63, 3.8) is 0 Å². The molecule has 1 aliphatic carbocycles. The fourth-order valence-corrected chi connectivity index (χ4v) is 3.84. The van der Waals surface area contributed by atoms with Gasteiger partial charge in [0.2, 0.25) is 11.8 Å². The molecular weight excluding hydrogens is 266 g/mol. The molecule has 2 amide bonds. The van der Waals surface area contributed by atoms with Gasteiger partial charge in [-0.05, 0) is 32.6 Å². The lowest BCUT2D eigenvalue weighted by molar-refractivity contribution is -0.148. The van der Waals surface area contributed by atoms with Crippen molar-refractivity contribution in [1.82, 2.24) is 4.90 Å². The van der Waals surface area contributed by atoms with Crippen molar-refractivity contribution in [1.29, 1.82) is 0 Å². The average molecular weight is 295 g/mol. The molecule has 1 saturated carbocycles. The van der Waals surface area contributed by atoms with E-state index in [-0.39, 0.29) is 23.8 Å². The molecule has 2 rings (SSSR count). The highest BCUT2D eigenvalue weighted by molar-refractivity contribution is 5.85. The van der Waals surface area contributed by atoms with Gasteiger partial charge in [-0.3, -0.25) is 9.59 Å². The summed E-state index contributed by atoms with van der Waals surface area (Å²) in [6.07, 6.45) is 7.92. The van der Waals surface area contributed by atoms with Gasteiger partial charge in [-0.15, -0.1) is 0 Å². The zero-order valence-corrected chi connectivity index (χ0v) is 13.1. The molecule has 2 fully saturated rings. The molecule has 21 heavy (non-hydrogen) atoms. The van der Waals surface area contributed by atoms with E-state index in [0.717, 1.165) is 38.5 Å². The van der Waals surface area contributed by atoms with Crippen LogP contribution in [0.2, 0.25) is 0 Å². The molecule has 0 radical (unpaired) electrons. The highest BCUT2D eigenvalue weighted by Crippen LogP contribution is 2.38. The van der Waals surface area contributed by atoms with Crippen LogP contribution in [-0.2, 0) is 9.59 Å². The van der Waals surface area contributed by atoms with Crippen LogP contribution in [0, 0.1) is 11.3 Å². The molecule has 120 valence electrons. The van der Waals surface area contributed by atoms with Crippen LogP contribution in [0.3, 0.4) is 0 Å². The van der Waals surface area contributed by atoms with Crippen molar-refractivity contribution in [2.75, 3.05) is 13.1 Å². The highest BCUT2D eigenvalue weighted by Gasteiger charge is 2.43. The molecule has 5 heteroatoms. The van der Waals surface area contributed by atoms with Crippen molar-refractivity contribution >= 4 is 11.8 Å². The molecule has 0 aromatic heterocycles. The minimum Gasteiger partial charge on any atom is -0.369 e. The molecule has 0 aromatic rings. The Hall–Kier alpha value is -1.10. The van der Waals surface area contributed by atoms with Crippen molar-refractivity contribution in [2.24, 2.45) is 22.8 Å². The second kappa shape index (κ2) is 6.77. The molecule has 0 bridgehead atoms. The van der Waals surface area contributed by atoms with E-state index in [1.807, 2.05) is 4.90 Å². The van der Waals surface area contributed by atoms with E-state index in [0.29, 0.717) is 13.1 Å². The predicted octanol–water partition coefficient (Wildman–Crippen LogP) is 1.40. The summed E-state index contributed by atoms with van der Waals surface area (Å²) >= 11 is 0. The van der Waals surface area contributed by atoms with Gasteiger partial charge >= 0.3 is 0 Å². The number of piperidine rings is 1. The summed E-state index contributed by atoms with van der Waals surface area (Å²) in [5.74, 6) is -0.335. The minimum absolute atomic E-state index is 0.158. The molecule has 2 aliphatic rings. The largest absolute Gasteiger partial charge is 0.369 e. The van der Waals surface area contributed by atoms with Gasteiger partial charge < -0.3 is 16.4 Å². The Bertz CT molecular complexity index is 389. The smallest absolute Gasteiger partial charge is 0.230 e. The van der Waals surface area contributed by atoms with E-state index in [1.165, 1.54) is 12.8 Å². The fraction of sp³-hybridized carbons (Fsp3) is 0.875. The number of primary amides is 1. The van der Waals surface area contributed by atoms with Crippen molar-refractivity contribution in [3.05, 3.63) is 0 Å². The molecule has 1 aliphatic heterocycles. The van der Waals surface area contributed by atoms with Gasteiger partial charge in [-0.1, -0.05) is 25.7 Å². The van der Waals surface area contributed by atoms with Gasteiger partial charge in [-0.2, -0.15) is 0 Å². The van der Waals surface area contributed by atoms with E-state index in [1.54, 1.807) is 0 Å². The van der Waals surface area contributed by atoms with Crippen LogP contribution in [-0.4, -0.2) is 35.8 Å². The van der Waals surface area contributed by atoms with Crippen LogP contribution in [0.15, 0.2) is 0 Å². The van der Waals surface area contributed by atoms with Crippen molar-refractivity contribution in [3.8, 4) is 0 Å². The molecule has 1 saturated heterocycles. The second-order valence-electron chi connectivity index (χ2n) is 6.88. The maximum atomic E-state index is 13.1. The third-order valence-corrected chi connectivity index (χ3v) is 5.45. The first-order valence-corrected chi connectivity index (χ1v) is 8.30. The van der Waals surface area contributed by atoms with E-state index in [9.17, 15) is 9.59 Å². The Balaban J connectivity index is 2.16. The Morgan fingerprint density at radius 1 is 1.14 bits per heavy atom.